The molecule has 114 valence electrons. The molecule has 0 saturated heterocycles. The van der Waals surface area contributed by atoms with E-state index in [1.54, 1.807) is 6.07 Å². The van der Waals surface area contributed by atoms with Crippen LogP contribution in [0, 0.1) is 0 Å². The number of nitrogens with one attached hydrogen (secondary N) is 1. The predicted molar refractivity (Wildman–Crippen MR) is 79.8 cm³/mol. The quantitative estimate of drug-likeness (QED) is 0.432. The number of hydrogen-bond acceptors (Lipinski definition) is 6. The molecule has 0 atom stereocenters. The molecular weight excluding hydrogens is 256 g/mol. The summed E-state index contributed by atoms with van der Waals surface area (Å²) in [6.45, 7) is 10.1. The van der Waals surface area contributed by atoms with Crippen LogP contribution in [0.25, 0.3) is 0 Å². The van der Waals surface area contributed by atoms with E-state index in [-0.39, 0.29) is 5.41 Å². The molecule has 0 amide bonds. The van der Waals surface area contributed by atoms with Gasteiger partial charge in [-0.3, -0.25) is 0 Å². The van der Waals surface area contributed by atoms with Gasteiger partial charge in [0.1, 0.15) is 18.2 Å². The summed E-state index contributed by atoms with van der Waals surface area (Å²) >= 11 is 0. The van der Waals surface area contributed by atoms with Gasteiger partial charge in [-0.05, 0) is 6.42 Å². The van der Waals surface area contributed by atoms with Gasteiger partial charge >= 0.3 is 0 Å². The zero-order valence-electron chi connectivity index (χ0n) is 12.9. The van der Waals surface area contributed by atoms with Crippen molar-refractivity contribution in [3.63, 3.8) is 0 Å². The fourth-order valence-corrected chi connectivity index (χ4v) is 1.46. The molecule has 1 aromatic rings. The summed E-state index contributed by atoms with van der Waals surface area (Å²) in [6, 6.07) is 1.68. The Hall–Kier alpha value is -1.40. The lowest BCUT2D eigenvalue weighted by Gasteiger charge is -2.18. The van der Waals surface area contributed by atoms with Crippen LogP contribution in [0.1, 0.15) is 46.4 Å². The van der Waals surface area contributed by atoms with Crippen molar-refractivity contribution in [2.75, 3.05) is 25.2 Å². The van der Waals surface area contributed by atoms with Gasteiger partial charge in [-0.1, -0.05) is 34.1 Å². The van der Waals surface area contributed by atoms with Crippen molar-refractivity contribution in [1.82, 2.24) is 9.97 Å². The SMILES string of the molecule is CCCCOCCOc1cc(NN)nc(C(C)(C)C)n1. The Morgan fingerprint density at radius 3 is 2.55 bits per heavy atom. The molecule has 0 aliphatic carbocycles. The average Bonchev–Trinajstić information content (AvgIpc) is 2.41. The summed E-state index contributed by atoms with van der Waals surface area (Å²) in [6.07, 6.45) is 2.20. The van der Waals surface area contributed by atoms with Gasteiger partial charge in [0.25, 0.3) is 0 Å². The lowest BCUT2D eigenvalue weighted by atomic mass is 9.96. The first kappa shape index (κ1) is 16.7. The summed E-state index contributed by atoms with van der Waals surface area (Å²) < 4.78 is 11.0. The molecule has 6 nitrogen and oxygen atoms in total. The van der Waals surface area contributed by atoms with E-state index in [4.69, 9.17) is 15.3 Å². The molecule has 1 aromatic heterocycles. The molecule has 3 N–H and O–H groups in total. The highest BCUT2D eigenvalue weighted by Gasteiger charge is 2.19. The normalized spacial score (nSPS) is 11.4. The van der Waals surface area contributed by atoms with Gasteiger partial charge in [0.05, 0.1) is 6.61 Å². The molecule has 6 heteroatoms. The number of nitrogen functional groups attached to an aromatic ring is 1. The third kappa shape index (κ3) is 5.71. The molecule has 1 rings (SSSR count). The first-order valence-electron chi connectivity index (χ1n) is 7.04. The third-order valence-corrected chi connectivity index (χ3v) is 2.64. The Labute approximate surface area is 121 Å². The van der Waals surface area contributed by atoms with Gasteiger partial charge in [-0.15, -0.1) is 0 Å². The van der Waals surface area contributed by atoms with Crippen molar-refractivity contribution < 1.29 is 9.47 Å². The van der Waals surface area contributed by atoms with Crippen LogP contribution in [0.4, 0.5) is 5.82 Å². The van der Waals surface area contributed by atoms with Crippen LogP contribution < -0.4 is 16.0 Å². The van der Waals surface area contributed by atoms with Gasteiger partial charge in [0, 0.05) is 18.1 Å². The van der Waals surface area contributed by atoms with Crippen LogP contribution in [0.3, 0.4) is 0 Å². The van der Waals surface area contributed by atoms with Gasteiger partial charge < -0.3 is 14.9 Å². The van der Waals surface area contributed by atoms with E-state index in [1.165, 1.54) is 0 Å². The largest absolute Gasteiger partial charge is 0.475 e. The monoisotopic (exact) mass is 282 g/mol. The summed E-state index contributed by atoms with van der Waals surface area (Å²) in [5, 5.41) is 0. The lowest BCUT2D eigenvalue weighted by molar-refractivity contribution is 0.0963. The number of anilines is 1. The molecule has 0 aromatic carbocycles. The van der Waals surface area contributed by atoms with Crippen molar-refractivity contribution in [2.45, 2.75) is 46.0 Å². The standard InChI is InChI=1S/C14H26N4O2/c1-5-6-7-19-8-9-20-12-10-11(18-15)16-13(17-12)14(2,3)4/h10H,5-9,15H2,1-4H3,(H,16,17,18). The number of nitrogens with zero attached hydrogens (tertiary/aromatic N) is 2. The van der Waals surface area contributed by atoms with Gasteiger partial charge in [0.15, 0.2) is 0 Å². The fraction of sp³-hybridized carbons (Fsp3) is 0.714. The van der Waals surface area contributed by atoms with Crippen LogP contribution in [-0.2, 0) is 10.2 Å². The Morgan fingerprint density at radius 2 is 1.95 bits per heavy atom. The molecule has 0 spiro atoms. The number of nitrogens with two attached hydrogens (primary N) is 1. The molecule has 20 heavy (non-hydrogen) atoms. The molecule has 1 heterocycles. The Bertz CT molecular complexity index is 405. The van der Waals surface area contributed by atoms with Gasteiger partial charge in [-0.25, -0.2) is 10.8 Å². The Kier molecular flexibility index (Phi) is 6.67. The topological polar surface area (TPSA) is 82.3 Å². The first-order valence-corrected chi connectivity index (χ1v) is 7.04. The van der Waals surface area contributed by atoms with Crippen molar-refractivity contribution in [3.05, 3.63) is 11.9 Å². The van der Waals surface area contributed by atoms with Crippen LogP contribution >= 0.6 is 0 Å². The Morgan fingerprint density at radius 1 is 1.20 bits per heavy atom. The predicted octanol–water partition coefficient (Wildman–Crippen LogP) is 2.26. The van der Waals surface area contributed by atoms with E-state index < -0.39 is 0 Å². The molecule has 0 aliphatic rings. The van der Waals surface area contributed by atoms with Crippen molar-refractivity contribution in [1.29, 1.82) is 0 Å². The zero-order chi connectivity index (χ0) is 15.0. The number of unbranched alkanes of at least 4 members (excludes halogenated alkanes) is 1. The number of ether oxygens (including phenoxy) is 2. The number of hydrazine groups is 1. The summed E-state index contributed by atoms with van der Waals surface area (Å²) in [5.74, 6) is 7.17. The van der Waals surface area contributed by atoms with Crippen LogP contribution in [0.5, 0.6) is 5.88 Å². The smallest absolute Gasteiger partial charge is 0.218 e. The van der Waals surface area contributed by atoms with Crippen molar-refractivity contribution >= 4 is 5.82 Å². The fourth-order valence-electron chi connectivity index (χ4n) is 1.46. The second kappa shape index (κ2) is 8.01. The van der Waals surface area contributed by atoms with Crippen LogP contribution in [0.2, 0.25) is 0 Å². The Balaban J connectivity index is 2.56. The highest BCUT2D eigenvalue weighted by molar-refractivity contribution is 5.37. The zero-order valence-corrected chi connectivity index (χ0v) is 12.9. The molecule has 0 radical (unpaired) electrons. The van der Waals surface area contributed by atoms with Gasteiger partial charge in [0.2, 0.25) is 5.88 Å². The van der Waals surface area contributed by atoms with E-state index in [0.29, 0.717) is 30.7 Å². The maximum absolute atomic E-state index is 5.59. The molecule has 0 bridgehead atoms. The highest BCUT2D eigenvalue weighted by atomic mass is 16.5. The molecular formula is C14H26N4O2. The minimum atomic E-state index is -0.164. The number of rotatable bonds is 8. The van der Waals surface area contributed by atoms with E-state index >= 15 is 0 Å². The third-order valence-electron chi connectivity index (χ3n) is 2.64. The summed E-state index contributed by atoms with van der Waals surface area (Å²) in [5.41, 5.74) is 2.37. The van der Waals surface area contributed by atoms with Crippen LogP contribution in [0.15, 0.2) is 6.07 Å². The van der Waals surface area contributed by atoms with Gasteiger partial charge in [-0.2, -0.15) is 4.98 Å². The number of aromatic nitrogens is 2. The van der Waals surface area contributed by atoms with E-state index in [1.807, 2.05) is 20.8 Å². The first-order chi connectivity index (χ1) is 9.47. The highest BCUT2D eigenvalue weighted by Crippen LogP contribution is 2.22. The average molecular weight is 282 g/mol. The van der Waals surface area contributed by atoms with E-state index in [2.05, 4.69) is 22.3 Å². The summed E-state index contributed by atoms with van der Waals surface area (Å²) in [7, 11) is 0. The molecule has 0 unspecified atom stereocenters. The second-order valence-corrected chi connectivity index (χ2v) is 5.62. The van der Waals surface area contributed by atoms with Crippen molar-refractivity contribution in [3.8, 4) is 5.88 Å². The van der Waals surface area contributed by atoms with E-state index in [0.717, 1.165) is 19.4 Å². The molecule has 0 saturated carbocycles. The lowest BCUT2D eigenvalue weighted by Crippen LogP contribution is -2.20. The second-order valence-electron chi connectivity index (χ2n) is 5.62. The number of hydrogen-bond donors (Lipinski definition) is 2. The summed E-state index contributed by atoms with van der Waals surface area (Å²) in [4.78, 5) is 8.74. The van der Waals surface area contributed by atoms with Crippen molar-refractivity contribution in [2.24, 2.45) is 5.84 Å². The van der Waals surface area contributed by atoms with E-state index in [9.17, 15) is 0 Å². The van der Waals surface area contributed by atoms with Crippen LogP contribution in [-0.4, -0.2) is 29.8 Å². The molecule has 0 fully saturated rings. The minimum absolute atomic E-state index is 0.164. The molecule has 0 aliphatic heterocycles. The minimum Gasteiger partial charge on any atom is -0.475 e. The maximum atomic E-state index is 5.59. The maximum Gasteiger partial charge on any atom is 0.218 e.